The standard InChI is InChI=1S/C25H22ClN5OS/c26-21-13-12-17(16-20(21)23-30-29-22-11-5-2-6-15-31(22)23)28-24(32)19-10-7-14-27-25(19)33-18-8-3-1-4-9-18/h1,3-4,7-10,12-14,16H,2,5-6,11,15H2,(H,28,32). The number of hydrogen-bond acceptors (Lipinski definition) is 5. The van der Waals surface area contributed by atoms with Crippen LogP contribution in [0.1, 0.15) is 35.4 Å². The summed E-state index contributed by atoms with van der Waals surface area (Å²) in [5, 5.41) is 13.0. The largest absolute Gasteiger partial charge is 0.322 e. The molecule has 0 atom stereocenters. The van der Waals surface area contributed by atoms with Crippen molar-refractivity contribution in [3.63, 3.8) is 0 Å². The van der Waals surface area contributed by atoms with Crippen molar-refractivity contribution < 1.29 is 4.79 Å². The van der Waals surface area contributed by atoms with Gasteiger partial charge >= 0.3 is 0 Å². The molecule has 2 aromatic carbocycles. The Balaban J connectivity index is 1.41. The first kappa shape index (κ1) is 21.7. The van der Waals surface area contributed by atoms with Crippen molar-refractivity contribution in [2.75, 3.05) is 5.32 Å². The molecule has 8 heteroatoms. The first-order valence-electron chi connectivity index (χ1n) is 10.9. The summed E-state index contributed by atoms with van der Waals surface area (Å²) in [5.41, 5.74) is 1.92. The summed E-state index contributed by atoms with van der Waals surface area (Å²) in [7, 11) is 0. The smallest absolute Gasteiger partial charge is 0.258 e. The van der Waals surface area contributed by atoms with E-state index in [0.717, 1.165) is 47.9 Å². The van der Waals surface area contributed by atoms with E-state index in [1.54, 1.807) is 30.5 Å². The Morgan fingerprint density at radius 3 is 2.76 bits per heavy atom. The van der Waals surface area contributed by atoms with E-state index in [0.29, 0.717) is 21.3 Å². The Hall–Kier alpha value is -3.16. The van der Waals surface area contributed by atoms with E-state index >= 15 is 0 Å². The molecule has 2 aromatic heterocycles. The lowest BCUT2D eigenvalue weighted by Crippen LogP contribution is -2.13. The SMILES string of the molecule is O=C(Nc1ccc(Cl)c(-c2nnc3n2CCCCC3)c1)c1cccnc1Sc1ccccc1. The number of nitrogens with one attached hydrogen (secondary N) is 1. The maximum atomic E-state index is 13.2. The minimum absolute atomic E-state index is 0.227. The Morgan fingerprint density at radius 1 is 1.00 bits per heavy atom. The molecule has 0 fully saturated rings. The topological polar surface area (TPSA) is 72.7 Å². The number of benzene rings is 2. The van der Waals surface area contributed by atoms with Crippen LogP contribution in [0.2, 0.25) is 5.02 Å². The van der Waals surface area contributed by atoms with Crippen molar-refractivity contribution in [1.82, 2.24) is 19.7 Å². The maximum Gasteiger partial charge on any atom is 0.258 e. The molecular formula is C25H22ClN5OS. The summed E-state index contributed by atoms with van der Waals surface area (Å²) in [5.74, 6) is 1.51. The fourth-order valence-electron chi connectivity index (χ4n) is 3.90. The van der Waals surface area contributed by atoms with Crippen molar-refractivity contribution in [2.45, 2.75) is 42.1 Å². The molecule has 0 unspecified atom stereocenters. The maximum absolute atomic E-state index is 13.2. The van der Waals surface area contributed by atoms with Gasteiger partial charge in [-0.15, -0.1) is 10.2 Å². The lowest BCUT2D eigenvalue weighted by molar-refractivity contribution is 0.102. The molecule has 1 amide bonds. The molecule has 4 aromatic rings. The first-order chi connectivity index (χ1) is 16.2. The highest BCUT2D eigenvalue weighted by Crippen LogP contribution is 2.32. The molecule has 0 bridgehead atoms. The Labute approximate surface area is 201 Å². The predicted molar refractivity (Wildman–Crippen MR) is 131 cm³/mol. The number of carbonyl (C=O) groups excluding carboxylic acids is 1. The van der Waals surface area contributed by atoms with Gasteiger partial charge in [0.2, 0.25) is 0 Å². The average molecular weight is 476 g/mol. The lowest BCUT2D eigenvalue weighted by Gasteiger charge is -2.12. The van der Waals surface area contributed by atoms with Crippen LogP contribution in [0.4, 0.5) is 5.69 Å². The van der Waals surface area contributed by atoms with Crippen molar-refractivity contribution in [1.29, 1.82) is 0 Å². The van der Waals surface area contributed by atoms with Crippen molar-refractivity contribution in [3.05, 3.63) is 83.3 Å². The molecule has 0 spiro atoms. The number of carbonyl (C=O) groups is 1. The molecule has 1 aliphatic rings. The average Bonchev–Trinajstić information content (AvgIpc) is 3.08. The van der Waals surface area contributed by atoms with Crippen molar-refractivity contribution in [3.8, 4) is 11.4 Å². The number of aryl methyl sites for hydroxylation is 1. The van der Waals surface area contributed by atoms with E-state index in [-0.39, 0.29) is 5.91 Å². The highest BCUT2D eigenvalue weighted by molar-refractivity contribution is 7.99. The minimum Gasteiger partial charge on any atom is -0.322 e. The van der Waals surface area contributed by atoms with Crippen molar-refractivity contribution in [2.24, 2.45) is 0 Å². The van der Waals surface area contributed by atoms with Crippen LogP contribution >= 0.6 is 23.4 Å². The van der Waals surface area contributed by atoms with E-state index in [9.17, 15) is 4.79 Å². The zero-order valence-corrected chi connectivity index (χ0v) is 19.4. The molecule has 166 valence electrons. The number of aromatic nitrogens is 4. The number of amides is 1. The second kappa shape index (κ2) is 9.77. The lowest BCUT2D eigenvalue weighted by atomic mass is 10.1. The third kappa shape index (κ3) is 4.79. The predicted octanol–water partition coefficient (Wildman–Crippen LogP) is 6.12. The third-order valence-corrected chi connectivity index (χ3v) is 6.90. The Kier molecular flexibility index (Phi) is 6.41. The molecule has 1 aliphatic heterocycles. The van der Waals surface area contributed by atoms with Crippen LogP contribution in [-0.2, 0) is 13.0 Å². The molecule has 0 aliphatic carbocycles. The number of nitrogens with zero attached hydrogens (tertiary/aromatic N) is 4. The summed E-state index contributed by atoms with van der Waals surface area (Å²) in [6.45, 7) is 0.875. The molecular weight excluding hydrogens is 454 g/mol. The second-order valence-corrected chi connectivity index (χ2v) is 9.29. The van der Waals surface area contributed by atoms with Gasteiger partial charge in [-0.2, -0.15) is 0 Å². The van der Waals surface area contributed by atoms with Gasteiger partial charge in [-0.3, -0.25) is 4.79 Å². The number of rotatable bonds is 5. The van der Waals surface area contributed by atoms with Gasteiger partial charge in [0.1, 0.15) is 10.9 Å². The van der Waals surface area contributed by atoms with Crippen LogP contribution in [0.5, 0.6) is 0 Å². The molecule has 0 saturated carbocycles. The zero-order chi connectivity index (χ0) is 22.6. The van der Waals surface area contributed by atoms with Crippen LogP contribution in [-0.4, -0.2) is 25.7 Å². The first-order valence-corrected chi connectivity index (χ1v) is 12.1. The minimum atomic E-state index is -0.227. The summed E-state index contributed by atoms with van der Waals surface area (Å²) >= 11 is 7.99. The van der Waals surface area contributed by atoms with Crippen LogP contribution in [0.3, 0.4) is 0 Å². The highest BCUT2D eigenvalue weighted by atomic mass is 35.5. The van der Waals surface area contributed by atoms with Gasteiger partial charge in [-0.25, -0.2) is 4.98 Å². The van der Waals surface area contributed by atoms with Crippen molar-refractivity contribution >= 4 is 35.0 Å². The van der Waals surface area contributed by atoms with E-state index in [4.69, 9.17) is 11.6 Å². The summed E-state index contributed by atoms with van der Waals surface area (Å²) in [4.78, 5) is 18.6. The summed E-state index contributed by atoms with van der Waals surface area (Å²) < 4.78 is 2.15. The molecule has 0 radical (unpaired) electrons. The summed E-state index contributed by atoms with van der Waals surface area (Å²) in [6.07, 6.45) is 6.01. The van der Waals surface area contributed by atoms with Crippen LogP contribution < -0.4 is 5.32 Å². The number of pyridine rings is 1. The van der Waals surface area contributed by atoms with Gasteiger partial charge < -0.3 is 9.88 Å². The number of anilines is 1. The fraction of sp³-hybridized carbons (Fsp3) is 0.200. The van der Waals surface area contributed by atoms with Crippen LogP contribution in [0.25, 0.3) is 11.4 Å². The van der Waals surface area contributed by atoms with Gasteiger partial charge in [0.05, 0.1) is 10.6 Å². The van der Waals surface area contributed by atoms with Crippen LogP contribution in [0.15, 0.2) is 76.8 Å². The van der Waals surface area contributed by atoms with E-state index in [1.807, 2.05) is 36.4 Å². The quantitative estimate of drug-likeness (QED) is 0.376. The number of hydrogen-bond donors (Lipinski definition) is 1. The summed E-state index contributed by atoms with van der Waals surface area (Å²) in [6, 6.07) is 18.9. The molecule has 5 rings (SSSR count). The Morgan fingerprint density at radius 2 is 1.88 bits per heavy atom. The second-order valence-electron chi connectivity index (χ2n) is 7.82. The normalized spacial score (nSPS) is 13.2. The molecule has 0 saturated heterocycles. The van der Waals surface area contributed by atoms with E-state index < -0.39 is 0 Å². The Bertz CT molecular complexity index is 1290. The fourth-order valence-corrected chi connectivity index (χ4v) is 5.01. The molecule has 6 nitrogen and oxygen atoms in total. The van der Waals surface area contributed by atoms with Gasteiger partial charge in [-0.05, 0) is 55.3 Å². The number of fused-ring (bicyclic) bond motifs is 1. The molecule has 33 heavy (non-hydrogen) atoms. The monoisotopic (exact) mass is 475 g/mol. The highest BCUT2D eigenvalue weighted by Gasteiger charge is 2.19. The van der Waals surface area contributed by atoms with Gasteiger partial charge in [0.25, 0.3) is 5.91 Å². The molecule has 3 heterocycles. The molecule has 1 N–H and O–H groups in total. The van der Waals surface area contributed by atoms with E-state index in [1.165, 1.54) is 18.2 Å². The van der Waals surface area contributed by atoms with Gasteiger partial charge in [0.15, 0.2) is 5.82 Å². The van der Waals surface area contributed by atoms with Gasteiger partial charge in [0, 0.05) is 35.3 Å². The third-order valence-electron chi connectivity index (χ3n) is 5.55. The van der Waals surface area contributed by atoms with Gasteiger partial charge in [-0.1, -0.05) is 48.0 Å². The zero-order valence-electron chi connectivity index (χ0n) is 17.9. The van der Waals surface area contributed by atoms with E-state index in [2.05, 4.69) is 25.1 Å². The van der Waals surface area contributed by atoms with Crippen LogP contribution in [0, 0.1) is 0 Å². The number of halogens is 1.